The molecular formula is C27H23N3. The number of aromatic nitrogens is 2. The number of hydrogen-bond acceptors (Lipinski definition) is 3. The molecule has 4 aromatic rings. The Morgan fingerprint density at radius 3 is 2.77 bits per heavy atom. The lowest BCUT2D eigenvalue weighted by atomic mass is 9.88. The van der Waals surface area contributed by atoms with Gasteiger partial charge in [-0.25, -0.2) is 4.98 Å². The molecule has 1 N–H and O–H groups in total. The van der Waals surface area contributed by atoms with Crippen molar-refractivity contribution in [3.63, 3.8) is 0 Å². The van der Waals surface area contributed by atoms with Crippen LogP contribution in [0.5, 0.6) is 0 Å². The van der Waals surface area contributed by atoms with Crippen molar-refractivity contribution < 1.29 is 0 Å². The number of nitrogens with one attached hydrogen (secondary N) is 1. The summed E-state index contributed by atoms with van der Waals surface area (Å²) in [5, 5.41) is 5.06. The third kappa shape index (κ3) is 2.98. The van der Waals surface area contributed by atoms with Crippen LogP contribution in [0.4, 0.5) is 5.69 Å². The van der Waals surface area contributed by atoms with Crippen LogP contribution < -0.4 is 5.32 Å². The van der Waals surface area contributed by atoms with Crippen molar-refractivity contribution in [2.24, 2.45) is 0 Å². The Hall–Kier alpha value is -3.46. The van der Waals surface area contributed by atoms with Crippen LogP contribution in [-0.2, 0) is 6.42 Å². The summed E-state index contributed by atoms with van der Waals surface area (Å²) in [6.45, 7) is 0. The van der Waals surface area contributed by atoms with Crippen molar-refractivity contribution in [1.82, 2.24) is 9.97 Å². The SMILES string of the molecule is c1cncc(-c2cc(NC3CCC4=C(C3)c3ccccc3C4)c3ccccc3n2)c1. The van der Waals surface area contributed by atoms with Crippen LogP contribution >= 0.6 is 0 Å². The third-order valence-electron chi connectivity index (χ3n) is 6.45. The Morgan fingerprint density at radius 1 is 0.933 bits per heavy atom. The molecule has 0 aliphatic heterocycles. The minimum atomic E-state index is 0.433. The Balaban J connectivity index is 1.36. The van der Waals surface area contributed by atoms with E-state index in [2.05, 4.69) is 71.0 Å². The molecule has 3 nitrogen and oxygen atoms in total. The van der Waals surface area contributed by atoms with Crippen molar-refractivity contribution >= 4 is 22.2 Å². The van der Waals surface area contributed by atoms with Crippen LogP contribution in [-0.4, -0.2) is 16.0 Å². The summed E-state index contributed by atoms with van der Waals surface area (Å²) in [7, 11) is 0. The first-order chi connectivity index (χ1) is 14.8. The Kier molecular flexibility index (Phi) is 4.12. The van der Waals surface area contributed by atoms with Crippen molar-refractivity contribution in [2.75, 3.05) is 5.32 Å². The van der Waals surface area contributed by atoms with Crippen LogP contribution in [0.1, 0.15) is 30.4 Å². The average Bonchev–Trinajstić information content (AvgIpc) is 3.18. The lowest BCUT2D eigenvalue weighted by Gasteiger charge is -2.27. The summed E-state index contributed by atoms with van der Waals surface area (Å²) < 4.78 is 0. The number of pyridine rings is 2. The second kappa shape index (κ2) is 7.10. The topological polar surface area (TPSA) is 37.8 Å². The summed E-state index contributed by atoms with van der Waals surface area (Å²) in [5.41, 5.74) is 10.4. The van der Waals surface area contributed by atoms with Crippen LogP contribution in [0.15, 0.2) is 84.7 Å². The molecule has 0 bridgehead atoms. The first-order valence-corrected chi connectivity index (χ1v) is 10.7. The van der Waals surface area contributed by atoms with Crippen molar-refractivity contribution in [3.8, 4) is 11.3 Å². The fourth-order valence-corrected chi connectivity index (χ4v) is 4.99. The van der Waals surface area contributed by atoms with Crippen LogP contribution in [0.2, 0.25) is 0 Å². The number of para-hydroxylation sites is 1. The second-order valence-corrected chi connectivity index (χ2v) is 8.31. The number of anilines is 1. The van der Waals surface area contributed by atoms with E-state index < -0.39 is 0 Å². The summed E-state index contributed by atoms with van der Waals surface area (Å²) >= 11 is 0. The van der Waals surface area contributed by atoms with Crippen LogP contribution in [0, 0.1) is 0 Å². The molecule has 1 atom stereocenters. The molecule has 2 aliphatic rings. The van der Waals surface area contributed by atoms with Gasteiger partial charge in [-0.1, -0.05) is 48.0 Å². The van der Waals surface area contributed by atoms with E-state index in [4.69, 9.17) is 4.98 Å². The monoisotopic (exact) mass is 389 g/mol. The fourth-order valence-electron chi connectivity index (χ4n) is 4.99. The van der Waals surface area contributed by atoms with E-state index in [1.165, 1.54) is 35.0 Å². The van der Waals surface area contributed by atoms with Gasteiger partial charge >= 0.3 is 0 Å². The quantitative estimate of drug-likeness (QED) is 0.449. The van der Waals surface area contributed by atoms with Gasteiger partial charge in [0.05, 0.1) is 11.2 Å². The first-order valence-electron chi connectivity index (χ1n) is 10.7. The molecule has 0 amide bonds. The smallest absolute Gasteiger partial charge is 0.0745 e. The molecule has 2 aromatic heterocycles. The molecule has 6 rings (SSSR count). The van der Waals surface area contributed by atoms with Gasteiger partial charge < -0.3 is 5.32 Å². The Morgan fingerprint density at radius 2 is 1.83 bits per heavy atom. The zero-order valence-corrected chi connectivity index (χ0v) is 16.8. The molecule has 0 radical (unpaired) electrons. The molecule has 0 saturated carbocycles. The highest BCUT2D eigenvalue weighted by Crippen LogP contribution is 2.42. The largest absolute Gasteiger partial charge is 0.381 e. The Labute approximate surface area is 176 Å². The third-order valence-corrected chi connectivity index (χ3v) is 6.45. The molecule has 2 aromatic carbocycles. The molecular weight excluding hydrogens is 366 g/mol. The summed E-state index contributed by atoms with van der Waals surface area (Å²) in [5.74, 6) is 0. The van der Waals surface area contributed by atoms with Crippen molar-refractivity contribution in [2.45, 2.75) is 31.7 Å². The van der Waals surface area contributed by atoms with Crippen LogP contribution in [0.3, 0.4) is 0 Å². The molecule has 1 unspecified atom stereocenters. The zero-order valence-electron chi connectivity index (χ0n) is 16.8. The average molecular weight is 390 g/mol. The maximum atomic E-state index is 4.89. The van der Waals surface area contributed by atoms with E-state index in [1.54, 1.807) is 17.3 Å². The standard InChI is InChI=1S/C27H23N3/c1-2-8-22-18(6-1)14-19-11-12-21(15-24(19)22)29-27-16-26(20-7-5-13-28-17-20)30-25-10-4-3-9-23(25)27/h1-10,13,16-17,21H,11-12,14-15H2,(H,29,30). The number of rotatable bonds is 3. The lowest BCUT2D eigenvalue weighted by molar-refractivity contribution is 0.635. The highest BCUT2D eigenvalue weighted by molar-refractivity contribution is 5.94. The van der Waals surface area contributed by atoms with E-state index in [1.807, 2.05) is 12.3 Å². The molecule has 146 valence electrons. The summed E-state index contributed by atoms with van der Waals surface area (Å²) in [4.78, 5) is 9.17. The van der Waals surface area contributed by atoms with Gasteiger partial charge in [-0.15, -0.1) is 0 Å². The van der Waals surface area contributed by atoms with Gasteiger partial charge in [-0.2, -0.15) is 0 Å². The summed E-state index contributed by atoms with van der Waals surface area (Å²) in [6.07, 6.45) is 8.27. The predicted octanol–water partition coefficient (Wildman–Crippen LogP) is 6.27. The number of hydrogen-bond donors (Lipinski definition) is 1. The summed E-state index contributed by atoms with van der Waals surface area (Å²) in [6, 6.07) is 24.0. The van der Waals surface area contributed by atoms with E-state index in [-0.39, 0.29) is 0 Å². The van der Waals surface area contributed by atoms with Crippen molar-refractivity contribution in [3.05, 3.63) is 95.8 Å². The minimum Gasteiger partial charge on any atom is -0.381 e. The highest BCUT2D eigenvalue weighted by atomic mass is 14.9. The molecule has 0 saturated heterocycles. The van der Waals surface area contributed by atoms with Gasteiger partial charge in [0.1, 0.15) is 0 Å². The highest BCUT2D eigenvalue weighted by Gasteiger charge is 2.28. The Bertz CT molecular complexity index is 1270. The van der Waals surface area contributed by atoms with E-state index >= 15 is 0 Å². The minimum absolute atomic E-state index is 0.433. The number of allylic oxidation sites excluding steroid dienone is 1. The molecule has 0 fully saturated rings. The fraction of sp³-hybridized carbons (Fsp3) is 0.185. The molecule has 30 heavy (non-hydrogen) atoms. The number of benzene rings is 2. The van der Waals surface area contributed by atoms with Crippen LogP contribution in [0.25, 0.3) is 27.7 Å². The van der Waals surface area contributed by atoms with Gasteiger partial charge in [0, 0.05) is 35.1 Å². The van der Waals surface area contributed by atoms with E-state index in [9.17, 15) is 0 Å². The van der Waals surface area contributed by atoms with E-state index in [0.29, 0.717) is 6.04 Å². The lowest BCUT2D eigenvalue weighted by Crippen LogP contribution is -2.23. The number of nitrogens with zero attached hydrogens (tertiary/aromatic N) is 2. The first kappa shape index (κ1) is 17.4. The zero-order chi connectivity index (χ0) is 19.9. The normalized spacial score (nSPS) is 17.7. The van der Waals surface area contributed by atoms with Gasteiger partial charge in [-0.3, -0.25) is 4.98 Å². The number of fused-ring (bicyclic) bond motifs is 3. The predicted molar refractivity (Wildman–Crippen MR) is 123 cm³/mol. The van der Waals surface area contributed by atoms with Gasteiger partial charge in [-0.05, 0) is 66.6 Å². The maximum Gasteiger partial charge on any atom is 0.0745 e. The molecule has 3 heteroatoms. The van der Waals surface area contributed by atoms with Gasteiger partial charge in [0.2, 0.25) is 0 Å². The molecule has 2 heterocycles. The van der Waals surface area contributed by atoms with Gasteiger partial charge in [0.25, 0.3) is 0 Å². The van der Waals surface area contributed by atoms with Gasteiger partial charge in [0.15, 0.2) is 0 Å². The second-order valence-electron chi connectivity index (χ2n) is 8.31. The van der Waals surface area contributed by atoms with E-state index in [0.717, 1.165) is 29.6 Å². The maximum absolute atomic E-state index is 4.89. The molecule has 2 aliphatic carbocycles. The molecule has 0 spiro atoms. The van der Waals surface area contributed by atoms with Crippen molar-refractivity contribution in [1.29, 1.82) is 0 Å².